The predicted octanol–water partition coefficient (Wildman–Crippen LogP) is 1.42. The molecule has 1 unspecified atom stereocenters. The zero-order valence-corrected chi connectivity index (χ0v) is 15.1. The minimum absolute atomic E-state index is 0.185. The molecule has 1 atom stereocenters. The number of amides is 2. The number of carbonyl (C=O) groups is 3. The van der Waals surface area contributed by atoms with Crippen molar-refractivity contribution in [2.24, 2.45) is 5.92 Å². The molecule has 2 N–H and O–H groups in total. The molecular formula is C18H22F2N2O5. The van der Waals surface area contributed by atoms with Gasteiger partial charge in [-0.3, -0.25) is 9.59 Å². The Balaban J connectivity index is 1.97. The summed E-state index contributed by atoms with van der Waals surface area (Å²) >= 11 is 0. The van der Waals surface area contributed by atoms with E-state index in [2.05, 4.69) is 5.32 Å². The number of hydrogen-bond acceptors (Lipinski definition) is 4. The molecule has 1 aromatic rings. The first-order chi connectivity index (χ1) is 12.7. The van der Waals surface area contributed by atoms with Gasteiger partial charge in [0.25, 0.3) is 5.91 Å². The molecule has 0 saturated carbocycles. The van der Waals surface area contributed by atoms with Crippen LogP contribution in [0.3, 0.4) is 0 Å². The fourth-order valence-electron chi connectivity index (χ4n) is 2.99. The monoisotopic (exact) mass is 384 g/mol. The second-order valence-corrected chi connectivity index (χ2v) is 6.75. The zero-order valence-electron chi connectivity index (χ0n) is 15.1. The molecule has 1 saturated heterocycles. The molecule has 0 aliphatic carbocycles. The molecule has 27 heavy (non-hydrogen) atoms. The van der Waals surface area contributed by atoms with Crippen molar-refractivity contribution in [3.63, 3.8) is 0 Å². The van der Waals surface area contributed by atoms with E-state index in [0.717, 1.165) is 12.1 Å². The van der Waals surface area contributed by atoms with Crippen LogP contribution in [0.1, 0.15) is 30.1 Å². The predicted molar refractivity (Wildman–Crippen MR) is 91.0 cm³/mol. The maximum absolute atomic E-state index is 13.8. The quantitative estimate of drug-likeness (QED) is 0.774. The van der Waals surface area contributed by atoms with E-state index in [0.29, 0.717) is 18.9 Å². The number of hydrogen-bond donors (Lipinski definition) is 2. The highest BCUT2D eigenvalue weighted by atomic mass is 19.1. The number of benzene rings is 1. The van der Waals surface area contributed by atoms with Gasteiger partial charge >= 0.3 is 5.97 Å². The minimum atomic E-state index is -1.55. The van der Waals surface area contributed by atoms with Crippen molar-refractivity contribution in [1.29, 1.82) is 0 Å². The summed E-state index contributed by atoms with van der Waals surface area (Å²) in [4.78, 5) is 37.5. The van der Waals surface area contributed by atoms with Gasteiger partial charge in [0.05, 0.1) is 12.2 Å². The van der Waals surface area contributed by atoms with E-state index in [4.69, 9.17) is 4.74 Å². The number of nitrogens with zero attached hydrogens (tertiary/aromatic N) is 1. The molecule has 7 nitrogen and oxygen atoms in total. The number of likely N-dealkylation sites (tertiary alicyclic amines) is 1. The molecule has 0 radical (unpaired) electrons. The normalized spacial score (nSPS) is 17.3. The van der Waals surface area contributed by atoms with Crippen LogP contribution in [0.25, 0.3) is 0 Å². The van der Waals surface area contributed by atoms with Crippen molar-refractivity contribution in [1.82, 2.24) is 10.2 Å². The highest BCUT2D eigenvalue weighted by Crippen LogP contribution is 2.21. The summed E-state index contributed by atoms with van der Waals surface area (Å²) in [6, 6.07) is 2.75. The van der Waals surface area contributed by atoms with Crippen LogP contribution in [0.15, 0.2) is 18.2 Å². The van der Waals surface area contributed by atoms with Crippen molar-refractivity contribution in [2.75, 3.05) is 26.8 Å². The number of nitrogens with one attached hydrogen (secondary N) is 1. The van der Waals surface area contributed by atoms with Gasteiger partial charge in [-0.2, -0.15) is 0 Å². The molecule has 148 valence electrons. The molecule has 0 aromatic heterocycles. The lowest BCUT2D eigenvalue weighted by molar-refractivity contribution is -0.150. The van der Waals surface area contributed by atoms with Gasteiger partial charge in [-0.25, -0.2) is 13.6 Å². The van der Waals surface area contributed by atoms with Gasteiger partial charge in [-0.1, -0.05) is 0 Å². The molecule has 9 heteroatoms. The molecule has 1 fully saturated rings. The molecule has 1 aliphatic rings. The maximum Gasteiger partial charge on any atom is 0.331 e. The standard InChI is InChI=1S/C18H22F2N2O5/c1-18(10-27-2,17(25)26)21-15(23)11-5-7-22(8-6-11)16(24)13-4-3-12(19)9-14(13)20/h3-4,9,11H,5-8,10H2,1-2H3,(H,21,23)(H,25,26). The van der Waals surface area contributed by atoms with Crippen LogP contribution < -0.4 is 5.32 Å². The molecule has 2 amide bonds. The highest BCUT2D eigenvalue weighted by molar-refractivity contribution is 5.94. The Kier molecular flexibility index (Phi) is 6.48. The average Bonchev–Trinajstić information content (AvgIpc) is 2.61. The number of carbonyl (C=O) groups excluding carboxylic acids is 2. The molecular weight excluding hydrogens is 362 g/mol. The first-order valence-electron chi connectivity index (χ1n) is 8.46. The van der Waals surface area contributed by atoms with Crippen LogP contribution in [-0.4, -0.2) is 60.1 Å². The SMILES string of the molecule is COCC(C)(NC(=O)C1CCN(C(=O)c2ccc(F)cc2F)CC1)C(=O)O. The van der Waals surface area contributed by atoms with Crippen LogP contribution in [0, 0.1) is 17.6 Å². The number of carboxylic acids is 1. The van der Waals surface area contributed by atoms with Crippen LogP contribution in [0.4, 0.5) is 8.78 Å². The van der Waals surface area contributed by atoms with Crippen molar-refractivity contribution in [2.45, 2.75) is 25.3 Å². The fourth-order valence-corrected chi connectivity index (χ4v) is 2.99. The number of carboxylic acid groups (broad SMARTS) is 1. The number of methoxy groups -OCH3 is 1. The summed E-state index contributed by atoms with van der Waals surface area (Å²) in [5.41, 5.74) is -1.77. The van der Waals surface area contributed by atoms with Gasteiger partial charge in [0.2, 0.25) is 5.91 Å². The Morgan fingerprint density at radius 1 is 1.30 bits per heavy atom. The lowest BCUT2D eigenvalue weighted by Crippen LogP contribution is -2.57. The fraction of sp³-hybridized carbons (Fsp3) is 0.500. The first kappa shape index (κ1) is 20.8. The summed E-state index contributed by atoms with van der Waals surface area (Å²) in [6.07, 6.45) is 0.617. The lowest BCUT2D eigenvalue weighted by atomic mass is 9.93. The Labute approximate surface area is 155 Å². The van der Waals surface area contributed by atoms with E-state index in [1.165, 1.54) is 18.9 Å². The number of aliphatic carboxylic acids is 1. The summed E-state index contributed by atoms with van der Waals surface area (Å²) in [5, 5.41) is 11.8. The van der Waals surface area contributed by atoms with Gasteiger partial charge < -0.3 is 20.1 Å². The summed E-state index contributed by atoms with van der Waals surface area (Å²) < 4.78 is 31.6. The largest absolute Gasteiger partial charge is 0.479 e. The Bertz CT molecular complexity index is 734. The second kappa shape index (κ2) is 8.43. The Morgan fingerprint density at radius 3 is 2.44 bits per heavy atom. The summed E-state index contributed by atoms with van der Waals surface area (Å²) in [5.74, 6) is -4.38. The molecule has 1 aliphatic heterocycles. The van der Waals surface area contributed by atoms with Crippen LogP contribution in [-0.2, 0) is 14.3 Å². The van der Waals surface area contributed by atoms with Gasteiger partial charge in [-0.05, 0) is 31.9 Å². The molecule has 1 heterocycles. The highest BCUT2D eigenvalue weighted by Gasteiger charge is 2.38. The molecule has 0 bridgehead atoms. The van der Waals surface area contributed by atoms with Crippen molar-refractivity contribution in [3.05, 3.63) is 35.4 Å². The summed E-state index contributed by atoms with van der Waals surface area (Å²) in [6.45, 7) is 1.59. The van der Waals surface area contributed by atoms with Gasteiger partial charge in [-0.15, -0.1) is 0 Å². The van der Waals surface area contributed by atoms with E-state index in [-0.39, 0.29) is 25.3 Å². The van der Waals surface area contributed by atoms with E-state index in [1.54, 1.807) is 0 Å². The Morgan fingerprint density at radius 2 is 1.93 bits per heavy atom. The van der Waals surface area contributed by atoms with Crippen molar-refractivity contribution < 1.29 is 33.0 Å². The van der Waals surface area contributed by atoms with E-state index in [1.807, 2.05) is 0 Å². The van der Waals surface area contributed by atoms with Gasteiger partial charge in [0, 0.05) is 32.2 Å². The average molecular weight is 384 g/mol. The molecule has 1 aromatic carbocycles. The number of ether oxygens (including phenoxy) is 1. The number of halogens is 2. The van der Waals surface area contributed by atoms with E-state index < -0.39 is 40.9 Å². The van der Waals surface area contributed by atoms with E-state index in [9.17, 15) is 28.3 Å². The third-order valence-corrected chi connectivity index (χ3v) is 4.62. The molecule has 2 rings (SSSR count). The van der Waals surface area contributed by atoms with Crippen LogP contribution in [0.2, 0.25) is 0 Å². The second-order valence-electron chi connectivity index (χ2n) is 6.75. The number of rotatable bonds is 6. The van der Waals surface area contributed by atoms with E-state index >= 15 is 0 Å². The topological polar surface area (TPSA) is 95.9 Å². The van der Waals surface area contributed by atoms with Gasteiger partial charge in [0.1, 0.15) is 11.6 Å². The van der Waals surface area contributed by atoms with Crippen LogP contribution in [0.5, 0.6) is 0 Å². The third-order valence-electron chi connectivity index (χ3n) is 4.62. The van der Waals surface area contributed by atoms with Crippen LogP contribution >= 0.6 is 0 Å². The van der Waals surface area contributed by atoms with Gasteiger partial charge in [0.15, 0.2) is 5.54 Å². The smallest absolute Gasteiger partial charge is 0.331 e. The van der Waals surface area contributed by atoms with Crippen molar-refractivity contribution >= 4 is 17.8 Å². The lowest BCUT2D eigenvalue weighted by Gasteiger charge is -2.33. The number of piperidine rings is 1. The Hall–Kier alpha value is -2.55. The minimum Gasteiger partial charge on any atom is -0.479 e. The maximum atomic E-state index is 13.8. The zero-order chi connectivity index (χ0) is 20.2. The third kappa shape index (κ3) is 4.79. The first-order valence-corrected chi connectivity index (χ1v) is 8.46. The molecule has 0 spiro atoms. The summed E-state index contributed by atoms with van der Waals surface area (Å²) in [7, 11) is 1.34. The van der Waals surface area contributed by atoms with Crippen molar-refractivity contribution in [3.8, 4) is 0 Å².